The van der Waals surface area contributed by atoms with Crippen LogP contribution >= 0.6 is 0 Å². The summed E-state index contributed by atoms with van der Waals surface area (Å²) in [5.41, 5.74) is 0.816. The van der Waals surface area contributed by atoms with Crippen molar-refractivity contribution in [2.24, 2.45) is 0 Å². The Bertz CT molecular complexity index is 684. The van der Waals surface area contributed by atoms with Crippen LogP contribution in [0.5, 0.6) is 0 Å². The average Bonchev–Trinajstić information content (AvgIpc) is 2.69. The molecular weight excluding hydrogens is 370 g/mol. The van der Waals surface area contributed by atoms with E-state index in [1.165, 1.54) is 21.0 Å². The van der Waals surface area contributed by atoms with Crippen LogP contribution in [-0.2, 0) is 33.3 Å². The maximum atomic E-state index is 11.7. The molecule has 7 atom stereocenters. The standard InChI is InChI=1S/C19H25NO8/c1-10(17(22)23)26-16-14(20-11(2)21)19(24-3)27-13-9-25-18(28-15(13)16)12-7-5-4-6-8-12/h4-8,10,13-16,18-19H,9H2,1-3H3,(H,20,21)(H,22,23)/t10-,13-,14-,15-,16-,18-,19+/m1/s1. The smallest absolute Gasteiger partial charge is 0.332 e. The summed E-state index contributed by atoms with van der Waals surface area (Å²) in [5.74, 6) is -1.44. The van der Waals surface area contributed by atoms with Crippen molar-refractivity contribution in [3.05, 3.63) is 35.9 Å². The Morgan fingerprint density at radius 3 is 2.57 bits per heavy atom. The second-order valence-corrected chi connectivity index (χ2v) is 6.76. The van der Waals surface area contributed by atoms with Gasteiger partial charge in [-0.05, 0) is 6.92 Å². The maximum Gasteiger partial charge on any atom is 0.332 e. The largest absolute Gasteiger partial charge is 0.479 e. The molecule has 0 unspecified atom stereocenters. The fourth-order valence-corrected chi connectivity index (χ4v) is 3.40. The van der Waals surface area contributed by atoms with Crippen molar-refractivity contribution in [3.8, 4) is 0 Å². The number of carbonyl (C=O) groups is 2. The van der Waals surface area contributed by atoms with Gasteiger partial charge in [-0.15, -0.1) is 0 Å². The Morgan fingerprint density at radius 2 is 1.96 bits per heavy atom. The minimum atomic E-state index is -1.12. The van der Waals surface area contributed by atoms with Gasteiger partial charge in [-0.25, -0.2) is 4.79 Å². The number of ether oxygens (including phenoxy) is 5. The molecule has 1 aromatic rings. The van der Waals surface area contributed by atoms with Crippen LogP contribution < -0.4 is 5.32 Å². The highest BCUT2D eigenvalue weighted by Gasteiger charge is 2.52. The molecule has 0 aromatic heterocycles. The third kappa shape index (κ3) is 4.50. The lowest BCUT2D eigenvalue weighted by atomic mass is 9.95. The highest BCUT2D eigenvalue weighted by molar-refractivity contribution is 5.73. The molecule has 0 aliphatic carbocycles. The molecule has 2 N–H and O–H groups in total. The first-order chi connectivity index (χ1) is 13.4. The quantitative estimate of drug-likeness (QED) is 0.729. The number of carboxylic acids is 1. The molecule has 0 spiro atoms. The normalized spacial score (nSPS) is 33.5. The van der Waals surface area contributed by atoms with E-state index in [1.807, 2.05) is 30.3 Å². The molecule has 2 aliphatic heterocycles. The lowest BCUT2D eigenvalue weighted by molar-refractivity contribution is -0.347. The van der Waals surface area contributed by atoms with Crippen molar-refractivity contribution in [2.75, 3.05) is 13.7 Å². The van der Waals surface area contributed by atoms with Crippen LogP contribution in [0, 0.1) is 0 Å². The highest BCUT2D eigenvalue weighted by Crippen LogP contribution is 2.35. The number of carboxylic acid groups (broad SMARTS) is 1. The third-order valence-electron chi connectivity index (χ3n) is 4.72. The zero-order chi connectivity index (χ0) is 20.3. The van der Waals surface area contributed by atoms with E-state index in [9.17, 15) is 14.7 Å². The number of rotatable bonds is 6. The van der Waals surface area contributed by atoms with Crippen LogP contribution in [-0.4, -0.2) is 67.4 Å². The molecular formula is C19H25NO8. The first-order valence-corrected chi connectivity index (χ1v) is 9.06. The highest BCUT2D eigenvalue weighted by atomic mass is 16.7. The van der Waals surface area contributed by atoms with Crippen molar-refractivity contribution in [2.45, 2.75) is 56.9 Å². The van der Waals surface area contributed by atoms with E-state index in [2.05, 4.69) is 5.32 Å². The number of benzene rings is 1. The van der Waals surface area contributed by atoms with Gasteiger partial charge in [-0.2, -0.15) is 0 Å². The van der Waals surface area contributed by atoms with Crippen molar-refractivity contribution in [3.63, 3.8) is 0 Å². The number of hydrogen-bond donors (Lipinski definition) is 2. The van der Waals surface area contributed by atoms with E-state index in [0.29, 0.717) is 0 Å². The Hall–Kier alpha value is -2.04. The van der Waals surface area contributed by atoms with Crippen LogP contribution in [0.1, 0.15) is 25.7 Å². The number of methoxy groups -OCH3 is 1. The Labute approximate surface area is 162 Å². The summed E-state index contributed by atoms with van der Waals surface area (Å²) < 4.78 is 28.9. The second kappa shape index (κ2) is 8.97. The molecule has 1 amide bonds. The first kappa shape index (κ1) is 20.7. The van der Waals surface area contributed by atoms with Gasteiger partial charge >= 0.3 is 5.97 Å². The summed E-state index contributed by atoms with van der Waals surface area (Å²) in [7, 11) is 1.44. The average molecular weight is 395 g/mol. The monoisotopic (exact) mass is 395 g/mol. The molecule has 0 saturated carbocycles. The molecule has 154 valence electrons. The van der Waals surface area contributed by atoms with Gasteiger partial charge in [-0.3, -0.25) is 4.79 Å². The van der Waals surface area contributed by atoms with E-state index >= 15 is 0 Å². The van der Waals surface area contributed by atoms with Crippen molar-refractivity contribution in [1.82, 2.24) is 5.32 Å². The molecule has 2 saturated heterocycles. The molecule has 2 fully saturated rings. The fraction of sp³-hybridized carbons (Fsp3) is 0.579. The number of nitrogens with one attached hydrogen (secondary N) is 1. The first-order valence-electron chi connectivity index (χ1n) is 9.06. The number of hydrogen-bond acceptors (Lipinski definition) is 7. The van der Waals surface area contributed by atoms with E-state index in [-0.39, 0.29) is 12.5 Å². The second-order valence-electron chi connectivity index (χ2n) is 6.76. The maximum absolute atomic E-state index is 11.7. The summed E-state index contributed by atoms with van der Waals surface area (Å²) >= 11 is 0. The zero-order valence-corrected chi connectivity index (χ0v) is 15.9. The molecule has 0 bridgehead atoms. The van der Waals surface area contributed by atoms with Gasteiger partial charge in [0, 0.05) is 19.6 Å². The Morgan fingerprint density at radius 1 is 1.25 bits per heavy atom. The number of carbonyl (C=O) groups excluding carboxylic acids is 1. The summed E-state index contributed by atoms with van der Waals surface area (Å²) in [6.45, 7) is 2.99. The predicted octanol–water partition coefficient (Wildman–Crippen LogP) is 0.835. The van der Waals surface area contributed by atoms with Crippen LogP contribution in [0.15, 0.2) is 30.3 Å². The SMILES string of the molecule is CO[C@H]1O[C@@H]2CO[C@@H](c3ccccc3)O[C@H]2[C@H](O[C@H](C)C(=O)O)[C@H]1NC(C)=O. The van der Waals surface area contributed by atoms with Gasteiger partial charge in [0.25, 0.3) is 0 Å². The van der Waals surface area contributed by atoms with E-state index in [0.717, 1.165) is 5.56 Å². The number of fused-ring (bicyclic) bond motifs is 1. The summed E-state index contributed by atoms with van der Waals surface area (Å²) in [6, 6.07) is 8.61. The summed E-state index contributed by atoms with van der Waals surface area (Å²) in [5, 5.41) is 12.0. The van der Waals surface area contributed by atoms with Gasteiger partial charge in [-0.1, -0.05) is 30.3 Å². The lowest BCUT2D eigenvalue weighted by Crippen LogP contribution is -2.67. The minimum Gasteiger partial charge on any atom is -0.479 e. The molecule has 9 heteroatoms. The van der Waals surface area contributed by atoms with Crippen LogP contribution in [0.3, 0.4) is 0 Å². The van der Waals surface area contributed by atoms with E-state index in [1.54, 1.807) is 0 Å². The number of amides is 1. The predicted molar refractivity (Wildman–Crippen MR) is 95.3 cm³/mol. The summed E-state index contributed by atoms with van der Waals surface area (Å²) in [6.07, 6.45) is -4.62. The van der Waals surface area contributed by atoms with Gasteiger partial charge in [0.2, 0.25) is 5.91 Å². The van der Waals surface area contributed by atoms with Gasteiger partial charge < -0.3 is 34.1 Å². The Balaban J connectivity index is 1.88. The Kier molecular flexibility index (Phi) is 6.63. The summed E-state index contributed by atoms with van der Waals surface area (Å²) in [4.78, 5) is 23.1. The van der Waals surface area contributed by atoms with Crippen molar-refractivity contribution in [1.29, 1.82) is 0 Å². The molecule has 9 nitrogen and oxygen atoms in total. The topological polar surface area (TPSA) is 113 Å². The van der Waals surface area contributed by atoms with E-state index < -0.39 is 49.0 Å². The van der Waals surface area contributed by atoms with Gasteiger partial charge in [0.05, 0.1) is 6.61 Å². The zero-order valence-electron chi connectivity index (χ0n) is 15.9. The number of aliphatic carboxylic acids is 1. The van der Waals surface area contributed by atoms with Gasteiger partial charge in [0.1, 0.15) is 24.4 Å². The molecule has 2 heterocycles. The molecule has 2 aliphatic rings. The minimum absolute atomic E-state index is 0.207. The van der Waals surface area contributed by atoms with Crippen molar-refractivity contribution < 1.29 is 38.4 Å². The third-order valence-corrected chi connectivity index (χ3v) is 4.72. The molecule has 1 aromatic carbocycles. The van der Waals surface area contributed by atoms with Crippen LogP contribution in [0.4, 0.5) is 0 Å². The van der Waals surface area contributed by atoms with Gasteiger partial charge in [0.15, 0.2) is 18.7 Å². The van der Waals surface area contributed by atoms with Crippen LogP contribution in [0.2, 0.25) is 0 Å². The van der Waals surface area contributed by atoms with E-state index in [4.69, 9.17) is 23.7 Å². The molecule has 28 heavy (non-hydrogen) atoms. The lowest BCUT2D eigenvalue weighted by Gasteiger charge is -2.49. The van der Waals surface area contributed by atoms with Crippen LogP contribution in [0.25, 0.3) is 0 Å². The molecule has 0 radical (unpaired) electrons. The van der Waals surface area contributed by atoms with Crippen molar-refractivity contribution >= 4 is 11.9 Å². The molecule has 3 rings (SSSR count). The fourth-order valence-electron chi connectivity index (χ4n) is 3.40.